The van der Waals surface area contributed by atoms with Gasteiger partial charge in [0.05, 0.1) is 6.20 Å². The van der Waals surface area contributed by atoms with Crippen LogP contribution in [0.2, 0.25) is 0 Å². The van der Waals surface area contributed by atoms with E-state index in [1.165, 1.54) is 19.0 Å². The highest BCUT2D eigenvalue weighted by Crippen LogP contribution is 2.26. The average molecular weight is 385 g/mol. The van der Waals surface area contributed by atoms with Crippen LogP contribution < -0.4 is 9.80 Å². The Bertz CT molecular complexity index is 831. The van der Waals surface area contributed by atoms with Crippen LogP contribution in [0.4, 0.5) is 11.8 Å². The van der Waals surface area contributed by atoms with Crippen molar-refractivity contribution in [1.82, 2.24) is 25.0 Å². The molecule has 1 atom stereocenters. The van der Waals surface area contributed by atoms with Gasteiger partial charge in [0.25, 0.3) is 0 Å². The Morgan fingerprint density at radius 2 is 1.96 bits per heavy atom. The number of hydrogen-bond acceptors (Lipinski definition) is 7. The Balaban J connectivity index is 1.48. The Kier molecular flexibility index (Phi) is 5.40. The maximum absolute atomic E-state index is 11.0. The monoisotopic (exact) mass is 385 g/mol. The fourth-order valence-corrected chi connectivity index (χ4v) is 4.04. The van der Waals surface area contributed by atoms with Gasteiger partial charge in [0.1, 0.15) is 5.82 Å². The maximum atomic E-state index is 11.0. The van der Waals surface area contributed by atoms with E-state index in [0.717, 1.165) is 62.9 Å². The molecule has 0 saturated carbocycles. The van der Waals surface area contributed by atoms with E-state index in [4.69, 9.17) is 15.1 Å². The Labute approximate surface area is 164 Å². The van der Waals surface area contributed by atoms with Crippen LogP contribution in [0.3, 0.4) is 0 Å². The number of carboxylic acids is 1. The molecular formula is C19H27N7O2. The highest BCUT2D eigenvalue weighted by atomic mass is 16.4. The maximum Gasteiger partial charge on any atom is 0.358 e. The van der Waals surface area contributed by atoms with Gasteiger partial charge in [0.15, 0.2) is 5.69 Å². The summed E-state index contributed by atoms with van der Waals surface area (Å²) in [6.07, 6.45) is 6.98. The summed E-state index contributed by atoms with van der Waals surface area (Å²) in [5, 5.41) is 16.7. The second kappa shape index (κ2) is 8.12. The quantitative estimate of drug-likeness (QED) is 0.804. The summed E-state index contributed by atoms with van der Waals surface area (Å²) in [5.41, 5.74) is 1.07. The second-order valence-electron chi connectivity index (χ2n) is 7.65. The number of aromatic carboxylic acids is 1. The van der Waals surface area contributed by atoms with Crippen LogP contribution in [0.15, 0.2) is 12.3 Å². The van der Waals surface area contributed by atoms with E-state index in [1.54, 1.807) is 4.68 Å². The van der Waals surface area contributed by atoms with Crippen molar-refractivity contribution in [3.63, 3.8) is 0 Å². The molecule has 28 heavy (non-hydrogen) atoms. The van der Waals surface area contributed by atoms with Gasteiger partial charge in [-0.2, -0.15) is 4.98 Å². The minimum Gasteiger partial charge on any atom is -0.476 e. The number of carbonyl (C=O) groups is 1. The lowest BCUT2D eigenvalue weighted by molar-refractivity contribution is 0.0690. The van der Waals surface area contributed by atoms with Gasteiger partial charge in [-0.1, -0.05) is 12.1 Å². The van der Waals surface area contributed by atoms with Crippen molar-refractivity contribution in [2.45, 2.75) is 45.6 Å². The topological polar surface area (TPSA) is 100 Å². The number of rotatable bonds is 6. The lowest BCUT2D eigenvalue weighted by Gasteiger charge is -2.34. The lowest BCUT2D eigenvalue weighted by atomic mass is 9.98. The fourth-order valence-electron chi connectivity index (χ4n) is 4.04. The molecule has 150 valence electrons. The normalized spacial score (nSPS) is 20.0. The molecular weight excluding hydrogens is 358 g/mol. The van der Waals surface area contributed by atoms with Crippen molar-refractivity contribution in [1.29, 1.82) is 0 Å². The van der Waals surface area contributed by atoms with Crippen LogP contribution in [0, 0.1) is 5.92 Å². The number of hydrogen-bond donors (Lipinski definition) is 1. The van der Waals surface area contributed by atoms with Crippen LogP contribution in [-0.4, -0.2) is 62.2 Å². The molecule has 2 fully saturated rings. The largest absolute Gasteiger partial charge is 0.476 e. The molecule has 0 aromatic carbocycles. The summed E-state index contributed by atoms with van der Waals surface area (Å²) >= 11 is 0. The highest BCUT2D eigenvalue weighted by molar-refractivity contribution is 5.84. The van der Waals surface area contributed by atoms with E-state index in [2.05, 4.69) is 33.1 Å². The first-order valence-electron chi connectivity index (χ1n) is 10.1. The lowest BCUT2D eigenvalue weighted by Crippen LogP contribution is -2.38. The van der Waals surface area contributed by atoms with Crippen LogP contribution in [0.25, 0.3) is 0 Å². The molecule has 2 aromatic heterocycles. The van der Waals surface area contributed by atoms with Crippen LogP contribution >= 0.6 is 0 Å². The van der Waals surface area contributed by atoms with E-state index in [0.29, 0.717) is 12.5 Å². The Morgan fingerprint density at radius 1 is 1.18 bits per heavy atom. The van der Waals surface area contributed by atoms with Gasteiger partial charge < -0.3 is 14.9 Å². The van der Waals surface area contributed by atoms with Crippen molar-refractivity contribution >= 4 is 17.7 Å². The van der Waals surface area contributed by atoms with Crippen molar-refractivity contribution in [3.05, 3.63) is 23.7 Å². The molecule has 2 aliphatic heterocycles. The van der Waals surface area contributed by atoms with E-state index >= 15 is 0 Å². The molecule has 9 heteroatoms. The predicted molar refractivity (Wildman–Crippen MR) is 105 cm³/mol. The summed E-state index contributed by atoms with van der Waals surface area (Å²) < 4.78 is 1.64. The van der Waals surface area contributed by atoms with Crippen molar-refractivity contribution in [3.8, 4) is 0 Å². The van der Waals surface area contributed by atoms with E-state index in [9.17, 15) is 4.79 Å². The van der Waals surface area contributed by atoms with E-state index in [-0.39, 0.29) is 5.69 Å². The summed E-state index contributed by atoms with van der Waals surface area (Å²) in [6, 6.07) is 2.11. The molecule has 4 heterocycles. The fraction of sp³-hybridized carbons (Fsp3) is 0.632. The van der Waals surface area contributed by atoms with Crippen molar-refractivity contribution in [2.24, 2.45) is 5.92 Å². The minimum absolute atomic E-state index is 0.00805. The van der Waals surface area contributed by atoms with Gasteiger partial charge in [0.2, 0.25) is 5.95 Å². The number of anilines is 2. The van der Waals surface area contributed by atoms with Crippen molar-refractivity contribution < 1.29 is 9.90 Å². The predicted octanol–water partition coefficient (Wildman–Crippen LogP) is 1.85. The molecule has 1 N–H and O–H groups in total. The summed E-state index contributed by atoms with van der Waals surface area (Å²) in [6.45, 7) is 6.72. The number of piperidine rings is 1. The number of aromatic nitrogens is 5. The third-order valence-corrected chi connectivity index (χ3v) is 5.55. The average Bonchev–Trinajstić information content (AvgIpc) is 3.40. The third kappa shape index (κ3) is 4.07. The molecule has 0 spiro atoms. The first kappa shape index (κ1) is 18.6. The van der Waals surface area contributed by atoms with Gasteiger partial charge in [-0.25, -0.2) is 9.78 Å². The summed E-state index contributed by atoms with van der Waals surface area (Å²) in [7, 11) is 0. The molecule has 2 aromatic rings. The molecule has 0 aliphatic carbocycles. The van der Waals surface area contributed by atoms with Gasteiger partial charge in [-0.05, 0) is 38.0 Å². The van der Waals surface area contributed by atoms with Gasteiger partial charge in [0, 0.05) is 44.5 Å². The molecule has 1 unspecified atom stereocenters. The zero-order chi connectivity index (χ0) is 19.5. The first-order valence-corrected chi connectivity index (χ1v) is 10.1. The molecule has 2 aliphatic rings. The first-order chi connectivity index (χ1) is 13.6. The molecule has 0 radical (unpaired) electrons. The molecule has 9 nitrogen and oxygen atoms in total. The van der Waals surface area contributed by atoms with Crippen molar-refractivity contribution in [2.75, 3.05) is 36.0 Å². The van der Waals surface area contributed by atoms with E-state index in [1.807, 2.05) is 0 Å². The number of nitrogens with zero attached hydrogens (tertiary/aromatic N) is 7. The zero-order valence-electron chi connectivity index (χ0n) is 16.3. The number of carboxylic acid groups (broad SMARTS) is 1. The second-order valence-corrected chi connectivity index (χ2v) is 7.65. The van der Waals surface area contributed by atoms with E-state index < -0.39 is 5.97 Å². The van der Waals surface area contributed by atoms with Gasteiger partial charge >= 0.3 is 5.97 Å². The molecule has 0 amide bonds. The molecule has 2 saturated heterocycles. The minimum atomic E-state index is -1.04. The smallest absolute Gasteiger partial charge is 0.358 e. The Hall–Kier alpha value is -2.71. The van der Waals surface area contributed by atoms with Crippen LogP contribution in [0.1, 0.15) is 48.8 Å². The molecule has 4 rings (SSSR count). The van der Waals surface area contributed by atoms with Gasteiger partial charge in [-0.3, -0.25) is 4.68 Å². The standard InChI is InChI=1S/C19H27N7O2/c1-2-15-10-17(21-19(20-15)24-7-3-4-8-24)25-9-5-6-14(11-25)12-26-13-16(18(27)28)22-23-26/h10,13-14H,2-9,11-12H2,1H3,(H,27,28). The Morgan fingerprint density at radius 3 is 2.68 bits per heavy atom. The van der Waals surface area contributed by atoms with Gasteiger partial charge in [-0.15, -0.1) is 5.10 Å². The molecule has 0 bridgehead atoms. The SMILES string of the molecule is CCc1cc(N2CCCC(Cn3cc(C(=O)O)nn3)C2)nc(N2CCCC2)n1. The van der Waals surface area contributed by atoms with Crippen LogP contribution in [0.5, 0.6) is 0 Å². The summed E-state index contributed by atoms with van der Waals surface area (Å²) in [5.74, 6) is 1.20. The number of aryl methyl sites for hydroxylation is 1. The third-order valence-electron chi connectivity index (χ3n) is 5.55. The zero-order valence-corrected chi connectivity index (χ0v) is 16.3. The highest BCUT2D eigenvalue weighted by Gasteiger charge is 2.24. The van der Waals surface area contributed by atoms with Crippen LogP contribution in [-0.2, 0) is 13.0 Å². The summed E-state index contributed by atoms with van der Waals surface area (Å²) in [4.78, 5) is 25.3.